The SMILES string of the molecule is Cc1ccc(S(=O)(=O)c2c(C(=O)N3CCSCC3)cnc3ccc(F)cc23)cc1. The molecule has 1 saturated heterocycles. The predicted molar refractivity (Wildman–Crippen MR) is 112 cm³/mol. The molecule has 0 N–H and O–H groups in total. The highest BCUT2D eigenvalue weighted by Crippen LogP contribution is 2.32. The lowest BCUT2D eigenvalue weighted by Crippen LogP contribution is -2.38. The monoisotopic (exact) mass is 430 g/mol. The fourth-order valence-corrected chi connectivity index (χ4v) is 5.87. The molecule has 0 saturated carbocycles. The molecule has 1 aliphatic heterocycles. The second-order valence-electron chi connectivity index (χ2n) is 6.88. The molecule has 0 unspecified atom stereocenters. The summed E-state index contributed by atoms with van der Waals surface area (Å²) in [5.74, 6) is 0.608. The van der Waals surface area contributed by atoms with Crippen molar-refractivity contribution in [2.45, 2.75) is 16.7 Å². The molecule has 2 aromatic carbocycles. The van der Waals surface area contributed by atoms with Gasteiger partial charge in [0.15, 0.2) is 0 Å². The highest BCUT2D eigenvalue weighted by Gasteiger charge is 2.30. The lowest BCUT2D eigenvalue weighted by molar-refractivity contribution is 0.0768. The summed E-state index contributed by atoms with van der Waals surface area (Å²) in [6, 6.07) is 10.2. The highest BCUT2D eigenvalue weighted by atomic mass is 32.2. The van der Waals surface area contributed by atoms with Crippen LogP contribution in [0.5, 0.6) is 0 Å². The van der Waals surface area contributed by atoms with Crippen LogP contribution in [0.4, 0.5) is 4.39 Å². The van der Waals surface area contributed by atoms with E-state index in [4.69, 9.17) is 0 Å². The molecule has 1 aliphatic rings. The summed E-state index contributed by atoms with van der Waals surface area (Å²) in [4.78, 5) is 18.9. The first-order valence-electron chi connectivity index (χ1n) is 9.15. The van der Waals surface area contributed by atoms with Gasteiger partial charge in [-0.2, -0.15) is 11.8 Å². The number of carbonyl (C=O) groups excluding carboxylic acids is 1. The predicted octanol–water partition coefficient (Wildman–Crippen LogP) is 3.70. The summed E-state index contributed by atoms with van der Waals surface area (Å²) < 4.78 is 41.1. The summed E-state index contributed by atoms with van der Waals surface area (Å²) >= 11 is 1.75. The minimum absolute atomic E-state index is 0.0180. The molecule has 0 radical (unpaired) electrons. The quantitative estimate of drug-likeness (QED) is 0.634. The molecule has 0 spiro atoms. The average molecular weight is 431 g/mol. The number of rotatable bonds is 3. The maximum atomic E-state index is 14.0. The van der Waals surface area contributed by atoms with E-state index in [1.165, 1.54) is 30.5 Å². The van der Waals surface area contributed by atoms with Crippen molar-refractivity contribution in [3.8, 4) is 0 Å². The maximum Gasteiger partial charge on any atom is 0.256 e. The summed E-state index contributed by atoms with van der Waals surface area (Å²) in [6.45, 7) is 2.93. The number of benzene rings is 2. The summed E-state index contributed by atoms with van der Waals surface area (Å²) in [6.07, 6.45) is 1.30. The van der Waals surface area contributed by atoms with Crippen molar-refractivity contribution >= 4 is 38.4 Å². The Hall–Kier alpha value is -2.45. The van der Waals surface area contributed by atoms with Gasteiger partial charge < -0.3 is 4.90 Å². The van der Waals surface area contributed by atoms with Gasteiger partial charge in [-0.05, 0) is 37.3 Å². The minimum atomic E-state index is -4.07. The molecular weight excluding hydrogens is 411 g/mol. The molecule has 1 fully saturated rings. The zero-order valence-corrected chi connectivity index (χ0v) is 17.4. The van der Waals surface area contributed by atoms with E-state index in [1.807, 2.05) is 6.92 Å². The molecule has 1 aromatic heterocycles. The van der Waals surface area contributed by atoms with Gasteiger partial charge in [-0.1, -0.05) is 17.7 Å². The van der Waals surface area contributed by atoms with Crippen LogP contribution in [0.1, 0.15) is 15.9 Å². The molecule has 29 heavy (non-hydrogen) atoms. The van der Waals surface area contributed by atoms with Gasteiger partial charge in [-0.25, -0.2) is 12.8 Å². The summed E-state index contributed by atoms with van der Waals surface area (Å²) in [5, 5.41) is 0.114. The van der Waals surface area contributed by atoms with Crippen LogP contribution in [0.2, 0.25) is 0 Å². The number of thioether (sulfide) groups is 1. The highest BCUT2D eigenvalue weighted by molar-refractivity contribution is 7.99. The average Bonchev–Trinajstić information content (AvgIpc) is 2.73. The van der Waals surface area contributed by atoms with E-state index in [0.717, 1.165) is 23.1 Å². The molecule has 4 rings (SSSR count). The van der Waals surface area contributed by atoms with Gasteiger partial charge in [-0.3, -0.25) is 9.78 Å². The standard InChI is InChI=1S/C21H19FN2O3S2/c1-14-2-5-16(6-3-14)29(26,27)20-17-12-15(22)4-7-19(17)23-13-18(20)21(25)24-8-10-28-11-9-24/h2-7,12-13H,8-11H2,1H3. The number of halogens is 1. The van der Waals surface area contributed by atoms with E-state index >= 15 is 0 Å². The number of nitrogens with zero attached hydrogens (tertiary/aromatic N) is 2. The number of aromatic nitrogens is 1. The van der Waals surface area contributed by atoms with E-state index < -0.39 is 21.6 Å². The van der Waals surface area contributed by atoms with Crippen LogP contribution in [0.25, 0.3) is 10.9 Å². The molecule has 0 bridgehead atoms. The molecular formula is C21H19FN2O3S2. The number of amides is 1. The smallest absolute Gasteiger partial charge is 0.256 e. The maximum absolute atomic E-state index is 14.0. The largest absolute Gasteiger partial charge is 0.337 e. The van der Waals surface area contributed by atoms with Gasteiger partial charge >= 0.3 is 0 Å². The van der Waals surface area contributed by atoms with Gasteiger partial charge in [0.25, 0.3) is 5.91 Å². The third-order valence-electron chi connectivity index (χ3n) is 4.91. The fourth-order valence-electron chi connectivity index (χ4n) is 3.35. The van der Waals surface area contributed by atoms with E-state index in [1.54, 1.807) is 28.8 Å². The van der Waals surface area contributed by atoms with E-state index in [2.05, 4.69) is 4.98 Å². The van der Waals surface area contributed by atoms with Crippen LogP contribution in [0.15, 0.2) is 58.5 Å². The number of aryl methyl sites for hydroxylation is 1. The summed E-state index contributed by atoms with van der Waals surface area (Å²) in [5.41, 5.74) is 1.22. The first-order chi connectivity index (χ1) is 13.9. The van der Waals surface area contributed by atoms with Crippen molar-refractivity contribution < 1.29 is 17.6 Å². The van der Waals surface area contributed by atoms with Crippen LogP contribution in [0, 0.1) is 12.7 Å². The lowest BCUT2D eigenvalue weighted by atomic mass is 10.1. The van der Waals surface area contributed by atoms with Crippen LogP contribution in [0.3, 0.4) is 0 Å². The number of hydrogen-bond acceptors (Lipinski definition) is 5. The molecule has 150 valence electrons. The third-order valence-corrected chi connectivity index (χ3v) is 7.72. The first kappa shape index (κ1) is 19.8. The molecule has 5 nitrogen and oxygen atoms in total. The minimum Gasteiger partial charge on any atom is -0.337 e. The van der Waals surface area contributed by atoms with Gasteiger partial charge in [0.1, 0.15) is 5.82 Å². The Labute approximate surface area is 172 Å². The molecule has 1 amide bonds. The Morgan fingerprint density at radius 1 is 1.10 bits per heavy atom. The Morgan fingerprint density at radius 3 is 2.48 bits per heavy atom. The summed E-state index contributed by atoms with van der Waals surface area (Å²) in [7, 11) is -4.07. The number of hydrogen-bond donors (Lipinski definition) is 0. The van der Waals surface area contributed by atoms with Crippen LogP contribution in [-0.2, 0) is 9.84 Å². The Balaban J connectivity index is 1.97. The fraction of sp³-hybridized carbons (Fsp3) is 0.238. The van der Waals surface area contributed by atoms with E-state index in [0.29, 0.717) is 18.6 Å². The van der Waals surface area contributed by atoms with Gasteiger partial charge in [-0.15, -0.1) is 0 Å². The Bertz CT molecular complexity index is 1190. The number of carbonyl (C=O) groups is 1. The first-order valence-corrected chi connectivity index (χ1v) is 11.8. The number of pyridine rings is 1. The molecule has 2 heterocycles. The van der Waals surface area contributed by atoms with Crippen molar-refractivity contribution in [1.82, 2.24) is 9.88 Å². The lowest BCUT2D eigenvalue weighted by Gasteiger charge is -2.27. The Kier molecular flexibility index (Phi) is 5.31. The molecule has 0 atom stereocenters. The molecule has 3 aromatic rings. The van der Waals surface area contributed by atoms with E-state index in [9.17, 15) is 17.6 Å². The van der Waals surface area contributed by atoms with Crippen molar-refractivity contribution in [3.63, 3.8) is 0 Å². The molecule has 0 aliphatic carbocycles. The van der Waals surface area contributed by atoms with Crippen molar-refractivity contribution in [1.29, 1.82) is 0 Å². The number of fused-ring (bicyclic) bond motifs is 1. The second-order valence-corrected chi connectivity index (χ2v) is 9.99. The third kappa shape index (κ3) is 3.74. The van der Waals surface area contributed by atoms with E-state index in [-0.39, 0.29) is 20.7 Å². The van der Waals surface area contributed by atoms with Gasteiger partial charge in [0, 0.05) is 36.2 Å². The normalized spacial score (nSPS) is 14.9. The van der Waals surface area contributed by atoms with Crippen molar-refractivity contribution in [2.24, 2.45) is 0 Å². The van der Waals surface area contributed by atoms with Crippen LogP contribution < -0.4 is 0 Å². The zero-order valence-electron chi connectivity index (χ0n) is 15.8. The number of sulfone groups is 1. The zero-order chi connectivity index (χ0) is 20.6. The van der Waals surface area contributed by atoms with Gasteiger partial charge in [0.05, 0.1) is 20.9 Å². The van der Waals surface area contributed by atoms with Crippen LogP contribution in [-0.4, -0.2) is 48.8 Å². The van der Waals surface area contributed by atoms with Crippen LogP contribution >= 0.6 is 11.8 Å². The van der Waals surface area contributed by atoms with Crippen molar-refractivity contribution in [2.75, 3.05) is 24.6 Å². The van der Waals surface area contributed by atoms with Gasteiger partial charge in [0.2, 0.25) is 9.84 Å². The van der Waals surface area contributed by atoms with Crippen molar-refractivity contribution in [3.05, 3.63) is 65.6 Å². The topological polar surface area (TPSA) is 67.3 Å². The molecule has 8 heteroatoms. The Morgan fingerprint density at radius 2 is 1.79 bits per heavy atom. The second kappa shape index (κ2) is 7.76.